The fraction of sp³-hybridized carbons (Fsp3) is 0.316. The van der Waals surface area contributed by atoms with E-state index in [0.29, 0.717) is 5.75 Å². The Morgan fingerprint density at radius 3 is 2.39 bits per heavy atom. The van der Waals surface area contributed by atoms with E-state index in [2.05, 4.69) is 31.1 Å². The Morgan fingerprint density at radius 2 is 1.83 bits per heavy atom. The molecule has 0 aromatic heterocycles. The van der Waals surface area contributed by atoms with Gasteiger partial charge in [0.2, 0.25) is 0 Å². The maximum Gasteiger partial charge on any atom is 0.166 e. The maximum absolute atomic E-state index is 14.2. The van der Waals surface area contributed by atoms with Crippen LogP contribution in [0, 0.1) is 5.82 Å². The zero-order valence-electron chi connectivity index (χ0n) is 13.7. The molecule has 0 radical (unpaired) electrons. The largest absolute Gasteiger partial charge is 0.454 e. The second-order valence-corrected chi connectivity index (χ2v) is 6.68. The van der Waals surface area contributed by atoms with Crippen LogP contribution < -0.4 is 10.1 Å². The van der Waals surface area contributed by atoms with Crippen molar-refractivity contribution in [1.82, 2.24) is 5.32 Å². The van der Waals surface area contributed by atoms with Gasteiger partial charge in [0, 0.05) is 12.1 Å². The molecular weight excluding hydrogens is 291 g/mol. The zero-order valence-corrected chi connectivity index (χ0v) is 13.7. The van der Waals surface area contributed by atoms with Crippen LogP contribution in [0.3, 0.4) is 0 Å². The molecule has 0 aliphatic carbocycles. The highest BCUT2D eigenvalue weighted by Crippen LogP contribution is 2.28. The monoisotopic (exact) mass is 312 g/mol. The molecule has 0 fully saturated rings. The van der Waals surface area contributed by atoms with E-state index in [4.69, 9.17) is 4.74 Å². The van der Waals surface area contributed by atoms with Gasteiger partial charge in [-0.15, -0.1) is 0 Å². The molecule has 4 heteroatoms. The van der Waals surface area contributed by atoms with Gasteiger partial charge in [-0.1, -0.05) is 32.9 Å². The first kappa shape index (κ1) is 15.5. The molecule has 23 heavy (non-hydrogen) atoms. The number of hydrogen-bond acceptors (Lipinski definition) is 3. The fourth-order valence-corrected chi connectivity index (χ4v) is 2.47. The van der Waals surface area contributed by atoms with Crippen molar-refractivity contribution in [2.45, 2.75) is 26.2 Å². The van der Waals surface area contributed by atoms with Gasteiger partial charge in [-0.25, -0.2) is 4.39 Å². The van der Waals surface area contributed by atoms with Gasteiger partial charge < -0.3 is 10.1 Å². The van der Waals surface area contributed by atoms with Crippen molar-refractivity contribution in [3.63, 3.8) is 0 Å². The number of hydrogen-bond donors (Lipinski definition) is 1. The molecule has 0 saturated carbocycles. The number of rotatable bonds is 3. The summed E-state index contributed by atoms with van der Waals surface area (Å²) in [5.41, 5.74) is 2.04. The Morgan fingerprint density at radius 1 is 1.09 bits per heavy atom. The third-order valence-corrected chi connectivity index (χ3v) is 3.83. The first-order chi connectivity index (χ1) is 10.9. The second-order valence-electron chi connectivity index (χ2n) is 6.68. The molecule has 1 aliphatic heterocycles. The first-order valence-electron chi connectivity index (χ1n) is 7.80. The van der Waals surface area contributed by atoms with Crippen molar-refractivity contribution in [1.29, 1.82) is 0 Å². The Labute approximate surface area is 136 Å². The molecule has 0 amide bonds. The van der Waals surface area contributed by atoms with Gasteiger partial charge in [0.15, 0.2) is 11.6 Å². The number of ether oxygens (including phenoxy) is 1. The van der Waals surface area contributed by atoms with Crippen LogP contribution in [0.2, 0.25) is 0 Å². The third-order valence-electron chi connectivity index (χ3n) is 3.83. The Hall–Kier alpha value is -2.36. The molecular formula is C19H21FN2O. The van der Waals surface area contributed by atoms with Gasteiger partial charge in [0.05, 0.1) is 6.54 Å². The molecule has 120 valence electrons. The summed E-state index contributed by atoms with van der Waals surface area (Å²) in [5.74, 6) is 1.20. The number of aliphatic imine (C=N–C) groups is 1. The highest BCUT2D eigenvalue weighted by Gasteiger charge is 2.14. The summed E-state index contributed by atoms with van der Waals surface area (Å²) in [4.78, 5) is 4.29. The van der Waals surface area contributed by atoms with Crippen molar-refractivity contribution >= 4 is 5.84 Å². The predicted octanol–water partition coefficient (Wildman–Crippen LogP) is 4.27. The summed E-state index contributed by atoms with van der Waals surface area (Å²) < 4.78 is 19.9. The molecule has 0 spiro atoms. The van der Waals surface area contributed by atoms with E-state index in [-0.39, 0.29) is 11.2 Å². The smallest absolute Gasteiger partial charge is 0.166 e. The van der Waals surface area contributed by atoms with Crippen LogP contribution in [0.4, 0.5) is 4.39 Å². The van der Waals surface area contributed by atoms with E-state index in [9.17, 15) is 4.39 Å². The highest BCUT2D eigenvalue weighted by molar-refractivity contribution is 5.99. The van der Waals surface area contributed by atoms with Gasteiger partial charge in [-0.05, 0) is 41.3 Å². The normalized spacial score (nSPS) is 14.3. The van der Waals surface area contributed by atoms with Crippen molar-refractivity contribution in [3.8, 4) is 11.5 Å². The van der Waals surface area contributed by atoms with E-state index < -0.39 is 5.82 Å². The average molecular weight is 312 g/mol. The lowest BCUT2D eigenvalue weighted by molar-refractivity contribution is 0.441. The lowest BCUT2D eigenvalue weighted by Crippen LogP contribution is -2.19. The summed E-state index contributed by atoms with van der Waals surface area (Å²) in [7, 11) is 0. The highest BCUT2D eigenvalue weighted by atomic mass is 19.1. The third kappa shape index (κ3) is 3.52. The van der Waals surface area contributed by atoms with Gasteiger partial charge in [0.1, 0.15) is 11.6 Å². The van der Waals surface area contributed by atoms with Crippen LogP contribution >= 0.6 is 0 Å². The topological polar surface area (TPSA) is 33.6 Å². The van der Waals surface area contributed by atoms with Crippen LogP contribution in [0.15, 0.2) is 47.5 Å². The van der Waals surface area contributed by atoms with Gasteiger partial charge in [-0.2, -0.15) is 0 Å². The van der Waals surface area contributed by atoms with E-state index >= 15 is 0 Å². The zero-order chi connectivity index (χ0) is 16.4. The lowest BCUT2D eigenvalue weighted by Gasteiger charge is -2.19. The molecule has 1 N–H and O–H groups in total. The molecule has 0 atom stereocenters. The molecule has 3 nitrogen and oxygen atoms in total. The second kappa shape index (κ2) is 6.03. The van der Waals surface area contributed by atoms with E-state index in [1.54, 1.807) is 6.07 Å². The SMILES string of the molecule is CC(C)(C)c1ccc(Oc2ccc(C3=NCCN3)cc2F)cc1. The minimum absolute atomic E-state index is 0.0838. The molecule has 0 saturated heterocycles. The van der Waals surface area contributed by atoms with E-state index in [1.807, 2.05) is 30.3 Å². The van der Waals surface area contributed by atoms with E-state index in [0.717, 1.165) is 24.5 Å². The standard InChI is InChI=1S/C19H21FN2O/c1-19(2,3)14-5-7-15(8-6-14)23-17-9-4-13(12-16(17)20)18-21-10-11-22-18/h4-9,12H,10-11H2,1-3H3,(H,21,22). The minimum atomic E-state index is -0.390. The summed E-state index contributed by atoms with van der Waals surface area (Å²) in [5, 5.41) is 3.13. The van der Waals surface area contributed by atoms with Crippen molar-refractivity contribution in [3.05, 3.63) is 59.4 Å². The Bertz CT molecular complexity index is 730. The van der Waals surface area contributed by atoms with Crippen LogP contribution in [0.5, 0.6) is 11.5 Å². The van der Waals surface area contributed by atoms with Crippen LogP contribution in [-0.4, -0.2) is 18.9 Å². The lowest BCUT2D eigenvalue weighted by atomic mass is 9.87. The molecule has 0 unspecified atom stereocenters. The quantitative estimate of drug-likeness (QED) is 0.918. The van der Waals surface area contributed by atoms with Gasteiger partial charge in [0.25, 0.3) is 0 Å². The summed E-state index contributed by atoms with van der Waals surface area (Å²) >= 11 is 0. The summed E-state index contributed by atoms with van der Waals surface area (Å²) in [6, 6.07) is 12.7. The number of amidine groups is 1. The van der Waals surface area contributed by atoms with Gasteiger partial charge >= 0.3 is 0 Å². The number of nitrogens with one attached hydrogen (secondary N) is 1. The number of nitrogens with zero attached hydrogens (tertiary/aromatic N) is 1. The van der Waals surface area contributed by atoms with Crippen molar-refractivity contribution in [2.75, 3.05) is 13.1 Å². The maximum atomic E-state index is 14.2. The summed E-state index contributed by atoms with van der Waals surface area (Å²) in [6.45, 7) is 7.99. The number of benzene rings is 2. The average Bonchev–Trinajstić information content (AvgIpc) is 3.03. The first-order valence-corrected chi connectivity index (χ1v) is 7.80. The molecule has 3 rings (SSSR count). The van der Waals surface area contributed by atoms with Crippen LogP contribution in [0.1, 0.15) is 31.9 Å². The number of halogens is 1. The van der Waals surface area contributed by atoms with E-state index in [1.165, 1.54) is 11.6 Å². The van der Waals surface area contributed by atoms with Crippen molar-refractivity contribution < 1.29 is 9.13 Å². The summed E-state index contributed by atoms with van der Waals surface area (Å²) in [6.07, 6.45) is 0. The molecule has 1 aliphatic rings. The Kier molecular flexibility index (Phi) is 4.07. The molecule has 1 heterocycles. The fourth-order valence-electron chi connectivity index (χ4n) is 2.47. The van der Waals surface area contributed by atoms with Crippen LogP contribution in [0.25, 0.3) is 0 Å². The predicted molar refractivity (Wildman–Crippen MR) is 91.0 cm³/mol. The molecule has 0 bridgehead atoms. The molecule has 2 aromatic rings. The van der Waals surface area contributed by atoms with Gasteiger partial charge in [-0.3, -0.25) is 4.99 Å². The minimum Gasteiger partial charge on any atom is -0.454 e. The Balaban J connectivity index is 1.77. The van der Waals surface area contributed by atoms with Crippen LogP contribution in [-0.2, 0) is 5.41 Å². The van der Waals surface area contributed by atoms with Crippen molar-refractivity contribution in [2.24, 2.45) is 4.99 Å². The molecule has 2 aromatic carbocycles.